The van der Waals surface area contributed by atoms with E-state index in [-0.39, 0.29) is 29.5 Å². The molecule has 1 aromatic heterocycles. The molecule has 2 aliphatic carbocycles. The molecule has 0 unspecified atom stereocenters. The number of Topliss-reactive ketones (excluding diaryl/α,β-unsaturated/α-hetero) is 1. The molecular weight excluding hydrogens is 348 g/mol. The van der Waals surface area contributed by atoms with Crippen LogP contribution in [0.15, 0.2) is 40.8 Å². The van der Waals surface area contributed by atoms with E-state index in [2.05, 4.69) is 13.5 Å². The number of allylic oxidation sites excluding steroid dienone is 2. The quantitative estimate of drug-likeness (QED) is 0.637. The minimum absolute atomic E-state index is 0.00900. The molecule has 0 radical (unpaired) electrons. The topological polar surface area (TPSA) is 63.6 Å². The Morgan fingerprint density at radius 3 is 2.77 bits per heavy atom. The highest BCUT2D eigenvalue weighted by Crippen LogP contribution is 2.51. The number of esters is 1. The van der Waals surface area contributed by atoms with Crippen molar-refractivity contribution in [2.75, 3.05) is 7.11 Å². The van der Waals surface area contributed by atoms with Gasteiger partial charge in [-0.05, 0) is 61.0 Å². The summed E-state index contributed by atoms with van der Waals surface area (Å²) in [6, 6.07) is 3.79. The van der Waals surface area contributed by atoms with Gasteiger partial charge in [0.1, 0.15) is 0 Å². The van der Waals surface area contributed by atoms with Crippen LogP contribution in [-0.2, 0) is 14.3 Å². The van der Waals surface area contributed by atoms with E-state index >= 15 is 0 Å². The number of carbonyl (C=O) groups excluding carboxylic acids is 2. The molecule has 1 saturated carbocycles. The highest BCUT2D eigenvalue weighted by molar-refractivity contribution is 7.10. The van der Waals surface area contributed by atoms with Crippen molar-refractivity contribution in [2.45, 2.75) is 39.2 Å². The molecule has 5 heteroatoms. The third kappa shape index (κ3) is 3.19. The van der Waals surface area contributed by atoms with Gasteiger partial charge in [-0.15, -0.1) is 11.3 Å². The molecule has 0 saturated heterocycles. The predicted octanol–water partition coefficient (Wildman–Crippen LogP) is 4.08. The fraction of sp³-hybridized carbons (Fsp3) is 0.524. The van der Waals surface area contributed by atoms with Crippen LogP contribution >= 0.6 is 11.3 Å². The van der Waals surface area contributed by atoms with Crippen LogP contribution in [0.2, 0.25) is 0 Å². The Bertz CT molecular complexity index is 746. The molecule has 0 bridgehead atoms. The normalized spacial score (nSPS) is 29.9. The maximum absolute atomic E-state index is 13.0. The summed E-state index contributed by atoms with van der Waals surface area (Å²) in [5.74, 6) is -0.480. The number of ether oxygens (including phenoxy) is 1. The third-order valence-corrected chi connectivity index (χ3v) is 7.05. The Balaban J connectivity index is 1.92. The fourth-order valence-electron chi connectivity index (χ4n) is 4.61. The number of aliphatic hydroxyl groups is 1. The van der Waals surface area contributed by atoms with Crippen LogP contribution in [0.3, 0.4) is 0 Å². The Morgan fingerprint density at radius 2 is 2.15 bits per heavy atom. The van der Waals surface area contributed by atoms with Gasteiger partial charge >= 0.3 is 5.97 Å². The smallest absolute Gasteiger partial charge is 0.333 e. The highest BCUT2D eigenvalue weighted by atomic mass is 32.1. The highest BCUT2D eigenvalue weighted by Gasteiger charge is 2.48. The minimum Gasteiger partial charge on any atom is -0.466 e. The average molecular weight is 375 g/mol. The van der Waals surface area contributed by atoms with E-state index in [0.29, 0.717) is 12.0 Å². The molecule has 26 heavy (non-hydrogen) atoms. The first kappa shape index (κ1) is 19.1. The first-order valence-corrected chi connectivity index (χ1v) is 9.97. The molecule has 0 aromatic carbocycles. The Kier molecular flexibility index (Phi) is 5.49. The van der Waals surface area contributed by atoms with Crippen molar-refractivity contribution >= 4 is 23.1 Å². The van der Waals surface area contributed by atoms with Crippen LogP contribution in [0, 0.1) is 23.7 Å². The van der Waals surface area contributed by atoms with Gasteiger partial charge < -0.3 is 9.84 Å². The van der Waals surface area contributed by atoms with E-state index < -0.39 is 12.0 Å². The van der Waals surface area contributed by atoms with Gasteiger partial charge in [0, 0.05) is 10.5 Å². The maximum Gasteiger partial charge on any atom is 0.333 e. The Hall–Kier alpha value is -1.72. The lowest BCUT2D eigenvalue weighted by molar-refractivity contribution is -0.136. The van der Waals surface area contributed by atoms with Gasteiger partial charge in [0.2, 0.25) is 0 Å². The zero-order chi connectivity index (χ0) is 19.0. The van der Waals surface area contributed by atoms with Crippen LogP contribution in [0.5, 0.6) is 0 Å². The first-order valence-electron chi connectivity index (χ1n) is 9.09. The number of hydrogen-bond acceptors (Lipinski definition) is 5. The van der Waals surface area contributed by atoms with E-state index in [9.17, 15) is 14.7 Å². The minimum atomic E-state index is -0.775. The standard InChI is InChI=1S/C21H26O4S/c1-11-7-8-14(12(2)21(24)25-4)10-15-13(3)19(22)18(17(11)15)20(23)16-6-5-9-26-16/h5-6,9,11,14,17-18,20,23H,2,7-8,10H2,1,3-4H3/t11-,14+,17-,18+,20-/m0/s1. The van der Waals surface area contributed by atoms with Crippen LogP contribution in [0.25, 0.3) is 0 Å². The molecule has 1 aromatic rings. The lowest BCUT2D eigenvalue weighted by Gasteiger charge is -2.29. The molecular formula is C21H26O4S. The van der Waals surface area contributed by atoms with Crippen molar-refractivity contribution in [3.8, 4) is 0 Å². The molecule has 1 fully saturated rings. The van der Waals surface area contributed by atoms with Crippen molar-refractivity contribution in [1.29, 1.82) is 0 Å². The van der Waals surface area contributed by atoms with E-state index in [0.717, 1.165) is 28.9 Å². The number of ketones is 1. The van der Waals surface area contributed by atoms with Crippen LogP contribution < -0.4 is 0 Å². The second kappa shape index (κ2) is 7.49. The summed E-state index contributed by atoms with van der Waals surface area (Å²) in [5, 5.41) is 12.8. The first-order chi connectivity index (χ1) is 12.4. The van der Waals surface area contributed by atoms with Crippen LogP contribution in [0.1, 0.15) is 44.1 Å². The van der Waals surface area contributed by atoms with Gasteiger partial charge in [0.15, 0.2) is 5.78 Å². The molecule has 0 aliphatic heterocycles. The van der Waals surface area contributed by atoms with Gasteiger partial charge in [0.05, 0.1) is 19.1 Å². The lowest BCUT2D eigenvalue weighted by Crippen LogP contribution is -2.28. The maximum atomic E-state index is 13.0. The van der Waals surface area contributed by atoms with Gasteiger partial charge in [-0.25, -0.2) is 4.79 Å². The second-order valence-corrected chi connectivity index (χ2v) is 8.48. The van der Waals surface area contributed by atoms with E-state index in [1.165, 1.54) is 18.4 Å². The number of rotatable bonds is 4. The fourth-order valence-corrected chi connectivity index (χ4v) is 5.36. The van der Waals surface area contributed by atoms with Gasteiger partial charge in [0.25, 0.3) is 0 Å². The largest absolute Gasteiger partial charge is 0.466 e. The summed E-state index contributed by atoms with van der Waals surface area (Å²) >= 11 is 1.48. The molecule has 5 atom stereocenters. The molecule has 0 spiro atoms. The summed E-state index contributed by atoms with van der Waals surface area (Å²) in [6.07, 6.45) is 1.61. The number of fused-ring (bicyclic) bond motifs is 1. The van der Waals surface area contributed by atoms with E-state index in [1.807, 2.05) is 24.4 Å². The predicted molar refractivity (Wildman–Crippen MR) is 102 cm³/mol. The molecule has 2 aliphatic rings. The van der Waals surface area contributed by atoms with E-state index in [1.54, 1.807) is 0 Å². The van der Waals surface area contributed by atoms with Gasteiger partial charge in [-0.2, -0.15) is 0 Å². The molecule has 4 nitrogen and oxygen atoms in total. The zero-order valence-corrected chi connectivity index (χ0v) is 16.3. The lowest BCUT2D eigenvalue weighted by atomic mass is 9.77. The summed E-state index contributed by atoms with van der Waals surface area (Å²) in [5.41, 5.74) is 2.33. The molecule has 3 rings (SSSR count). The summed E-state index contributed by atoms with van der Waals surface area (Å²) in [4.78, 5) is 25.8. The van der Waals surface area contributed by atoms with Crippen LogP contribution in [0.4, 0.5) is 0 Å². The van der Waals surface area contributed by atoms with Crippen molar-refractivity contribution in [2.24, 2.45) is 23.7 Å². The summed E-state index contributed by atoms with van der Waals surface area (Å²) in [7, 11) is 1.37. The van der Waals surface area contributed by atoms with Crippen molar-refractivity contribution in [3.05, 3.63) is 45.7 Å². The van der Waals surface area contributed by atoms with Crippen molar-refractivity contribution < 1.29 is 19.4 Å². The third-order valence-electron chi connectivity index (χ3n) is 6.11. The monoisotopic (exact) mass is 374 g/mol. The molecule has 1 N–H and O–H groups in total. The molecule has 0 amide bonds. The van der Waals surface area contributed by atoms with Crippen molar-refractivity contribution in [3.63, 3.8) is 0 Å². The average Bonchev–Trinajstić information content (AvgIpc) is 3.21. The zero-order valence-electron chi connectivity index (χ0n) is 15.5. The van der Waals surface area contributed by atoms with E-state index in [4.69, 9.17) is 4.74 Å². The summed E-state index contributed by atoms with van der Waals surface area (Å²) in [6.45, 7) is 7.95. The summed E-state index contributed by atoms with van der Waals surface area (Å²) < 4.78 is 4.84. The Labute approximate surface area is 158 Å². The van der Waals surface area contributed by atoms with Crippen molar-refractivity contribution in [1.82, 2.24) is 0 Å². The second-order valence-electron chi connectivity index (χ2n) is 7.50. The number of methoxy groups -OCH3 is 1. The van der Waals surface area contributed by atoms with Gasteiger partial charge in [-0.3, -0.25) is 4.79 Å². The Morgan fingerprint density at radius 1 is 1.42 bits per heavy atom. The SMILES string of the molecule is C=C(C(=O)OC)[C@@H]1CC[C@H](C)[C@H]2C(=C(C)C(=O)[C@@H]2[C@@H](O)c2cccs2)C1. The van der Waals surface area contributed by atoms with Gasteiger partial charge in [-0.1, -0.05) is 25.1 Å². The number of thiophene rings is 1. The van der Waals surface area contributed by atoms with Crippen LogP contribution in [-0.4, -0.2) is 24.0 Å². The number of hydrogen-bond donors (Lipinski definition) is 1. The molecule has 1 heterocycles. The number of carbonyl (C=O) groups is 2. The number of aliphatic hydroxyl groups excluding tert-OH is 1. The molecule has 140 valence electrons.